The summed E-state index contributed by atoms with van der Waals surface area (Å²) >= 11 is 5.81. The van der Waals surface area contributed by atoms with Gasteiger partial charge in [-0.1, -0.05) is 11.6 Å². The molecule has 0 aliphatic carbocycles. The second-order valence-electron chi connectivity index (χ2n) is 4.82. The van der Waals surface area contributed by atoms with Gasteiger partial charge in [0.15, 0.2) is 0 Å². The van der Waals surface area contributed by atoms with Crippen molar-refractivity contribution in [2.24, 2.45) is 0 Å². The zero-order valence-electron chi connectivity index (χ0n) is 10.5. The van der Waals surface area contributed by atoms with Gasteiger partial charge in [-0.2, -0.15) is 0 Å². The summed E-state index contributed by atoms with van der Waals surface area (Å²) in [6.07, 6.45) is 0. The van der Waals surface area contributed by atoms with Crippen molar-refractivity contribution in [1.82, 2.24) is 4.90 Å². The highest BCUT2D eigenvalue weighted by Crippen LogP contribution is 2.23. The molecule has 1 aromatic carbocycles. The minimum Gasteiger partial charge on any atom is -0.397 e. The van der Waals surface area contributed by atoms with Crippen molar-refractivity contribution in [1.29, 1.82) is 0 Å². The van der Waals surface area contributed by atoms with Crippen molar-refractivity contribution < 1.29 is 5.11 Å². The molecule has 1 aromatic rings. The van der Waals surface area contributed by atoms with Crippen LogP contribution < -0.4 is 11.1 Å². The minimum absolute atomic E-state index is 0.428. The predicted molar refractivity (Wildman–Crippen MR) is 73.5 cm³/mol. The summed E-state index contributed by atoms with van der Waals surface area (Å²) in [4.78, 5) is 1.94. The topological polar surface area (TPSA) is 61.5 Å². The number of aliphatic hydroxyl groups is 1. The second kappa shape index (κ2) is 5.58. The standard InChI is InChI=1S/C12H20ClN3O/c1-12(17,8-16(2)3)7-15-11-5-4-9(13)6-10(11)14/h4-6,15,17H,7-8,14H2,1-3H3. The summed E-state index contributed by atoms with van der Waals surface area (Å²) in [5.41, 5.74) is 6.37. The van der Waals surface area contributed by atoms with Gasteiger partial charge >= 0.3 is 0 Å². The third-order valence-electron chi connectivity index (χ3n) is 2.33. The van der Waals surface area contributed by atoms with Crippen molar-refractivity contribution in [3.63, 3.8) is 0 Å². The number of likely N-dealkylation sites (N-methyl/N-ethyl adjacent to an activating group) is 1. The largest absolute Gasteiger partial charge is 0.397 e. The molecule has 0 saturated carbocycles. The normalized spacial score (nSPS) is 14.7. The molecule has 0 heterocycles. The SMILES string of the molecule is CN(C)CC(C)(O)CNc1ccc(Cl)cc1N. The lowest BCUT2D eigenvalue weighted by atomic mass is 10.1. The molecular weight excluding hydrogens is 238 g/mol. The fourth-order valence-corrected chi connectivity index (χ4v) is 1.90. The highest BCUT2D eigenvalue weighted by molar-refractivity contribution is 6.31. The Kier molecular flexibility index (Phi) is 4.62. The van der Waals surface area contributed by atoms with Gasteiger partial charge in [0, 0.05) is 18.1 Å². The van der Waals surface area contributed by atoms with Crippen molar-refractivity contribution in [3.05, 3.63) is 23.2 Å². The zero-order chi connectivity index (χ0) is 13.1. The lowest BCUT2D eigenvalue weighted by Gasteiger charge is -2.27. The third kappa shape index (κ3) is 4.81. The highest BCUT2D eigenvalue weighted by atomic mass is 35.5. The first-order valence-electron chi connectivity index (χ1n) is 5.46. The van der Waals surface area contributed by atoms with Crippen LogP contribution in [0.2, 0.25) is 5.02 Å². The summed E-state index contributed by atoms with van der Waals surface area (Å²) < 4.78 is 0. The Balaban J connectivity index is 2.61. The molecule has 1 atom stereocenters. The van der Waals surface area contributed by atoms with Crippen LogP contribution in [0.4, 0.5) is 11.4 Å². The van der Waals surface area contributed by atoms with Crippen LogP contribution in [0.1, 0.15) is 6.92 Å². The van der Waals surface area contributed by atoms with Crippen LogP contribution in [-0.4, -0.2) is 42.8 Å². The first-order chi connectivity index (χ1) is 7.80. The summed E-state index contributed by atoms with van der Waals surface area (Å²) in [6.45, 7) is 2.79. The number of hydrogen-bond donors (Lipinski definition) is 3. The number of hydrogen-bond acceptors (Lipinski definition) is 4. The molecule has 0 aliphatic rings. The molecule has 0 aliphatic heterocycles. The number of halogens is 1. The van der Waals surface area contributed by atoms with E-state index < -0.39 is 5.60 Å². The molecule has 1 unspecified atom stereocenters. The van der Waals surface area contributed by atoms with Crippen LogP contribution in [0.15, 0.2) is 18.2 Å². The van der Waals surface area contributed by atoms with Crippen LogP contribution in [0.25, 0.3) is 0 Å². The molecule has 0 spiro atoms. The molecular formula is C12H20ClN3O. The molecule has 96 valence electrons. The Hall–Kier alpha value is -0.970. The van der Waals surface area contributed by atoms with Crippen LogP contribution in [0.3, 0.4) is 0 Å². The average Bonchev–Trinajstić information content (AvgIpc) is 2.14. The number of anilines is 2. The Morgan fingerprint density at radius 1 is 1.47 bits per heavy atom. The van der Waals surface area contributed by atoms with E-state index in [0.717, 1.165) is 5.69 Å². The van der Waals surface area contributed by atoms with Gasteiger partial charge in [0.1, 0.15) is 0 Å². The maximum Gasteiger partial charge on any atom is 0.0917 e. The fraction of sp³-hybridized carbons (Fsp3) is 0.500. The van der Waals surface area contributed by atoms with Gasteiger partial charge in [0.25, 0.3) is 0 Å². The van der Waals surface area contributed by atoms with Gasteiger partial charge < -0.3 is 21.1 Å². The average molecular weight is 258 g/mol. The molecule has 4 N–H and O–H groups in total. The van der Waals surface area contributed by atoms with Crippen molar-refractivity contribution in [2.45, 2.75) is 12.5 Å². The van der Waals surface area contributed by atoms with E-state index in [1.807, 2.05) is 25.1 Å². The lowest BCUT2D eigenvalue weighted by Crippen LogP contribution is -2.43. The van der Waals surface area contributed by atoms with E-state index in [4.69, 9.17) is 17.3 Å². The number of rotatable bonds is 5. The molecule has 4 nitrogen and oxygen atoms in total. The van der Waals surface area contributed by atoms with E-state index in [2.05, 4.69) is 5.32 Å². The molecule has 1 rings (SSSR count). The smallest absolute Gasteiger partial charge is 0.0917 e. The molecule has 0 fully saturated rings. The maximum atomic E-state index is 10.1. The maximum absolute atomic E-state index is 10.1. The van der Waals surface area contributed by atoms with Gasteiger partial charge in [-0.05, 0) is 39.2 Å². The monoisotopic (exact) mass is 257 g/mol. The number of nitrogens with one attached hydrogen (secondary N) is 1. The zero-order valence-corrected chi connectivity index (χ0v) is 11.3. The third-order valence-corrected chi connectivity index (χ3v) is 2.57. The number of nitrogen functional groups attached to an aromatic ring is 1. The predicted octanol–water partition coefficient (Wildman–Crippen LogP) is 1.65. The molecule has 5 heteroatoms. The van der Waals surface area contributed by atoms with Gasteiger partial charge in [0.05, 0.1) is 17.0 Å². The van der Waals surface area contributed by atoms with E-state index >= 15 is 0 Å². The van der Waals surface area contributed by atoms with Crippen molar-refractivity contribution in [2.75, 3.05) is 38.2 Å². The van der Waals surface area contributed by atoms with E-state index in [1.165, 1.54) is 0 Å². The van der Waals surface area contributed by atoms with E-state index in [9.17, 15) is 5.11 Å². The van der Waals surface area contributed by atoms with Crippen LogP contribution in [0, 0.1) is 0 Å². The van der Waals surface area contributed by atoms with E-state index in [0.29, 0.717) is 23.8 Å². The first kappa shape index (κ1) is 14.1. The quantitative estimate of drug-likeness (QED) is 0.702. The van der Waals surface area contributed by atoms with Gasteiger partial charge in [-0.15, -0.1) is 0 Å². The van der Waals surface area contributed by atoms with Crippen LogP contribution in [-0.2, 0) is 0 Å². The first-order valence-corrected chi connectivity index (χ1v) is 5.84. The molecule has 0 radical (unpaired) electrons. The number of nitrogens with zero attached hydrogens (tertiary/aromatic N) is 1. The van der Waals surface area contributed by atoms with Gasteiger partial charge in [-0.25, -0.2) is 0 Å². The molecule has 0 bridgehead atoms. The Morgan fingerprint density at radius 2 is 2.12 bits per heavy atom. The Morgan fingerprint density at radius 3 is 2.65 bits per heavy atom. The molecule has 0 amide bonds. The highest BCUT2D eigenvalue weighted by Gasteiger charge is 2.21. The molecule has 0 saturated heterocycles. The number of benzene rings is 1. The van der Waals surface area contributed by atoms with E-state index in [1.54, 1.807) is 19.1 Å². The lowest BCUT2D eigenvalue weighted by molar-refractivity contribution is 0.0460. The number of nitrogens with two attached hydrogens (primary N) is 1. The summed E-state index contributed by atoms with van der Waals surface area (Å²) in [6, 6.07) is 5.26. The fourth-order valence-electron chi connectivity index (χ4n) is 1.72. The second-order valence-corrected chi connectivity index (χ2v) is 5.26. The molecule has 0 aromatic heterocycles. The van der Waals surface area contributed by atoms with Crippen LogP contribution in [0.5, 0.6) is 0 Å². The summed E-state index contributed by atoms with van der Waals surface area (Å²) in [5.74, 6) is 0. The van der Waals surface area contributed by atoms with E-state index in [-0.39, 0.29) is 0 Å². The summed E-state index contributed by atoms with van der Waals surface area (Å²) in [5, 5.41) is 13.9. The molecule has 17 heavy (non-hydrogen) atoms. The Bertz CT molecular complexity index is 380. The van der Waals surface area contributed by atoms with Crippen LogP contribution >= 0.6 is 11.6 Å². The van der Waals surface area contributed by atoms with Crippen molar-refractivity contribution >= 4 is 23.0 Å². The van der Waals surface area contributed by atoms with Gasteiger partial charge in [0.2, 0.25) is 0 Å². The summed E-state index contributed by atoms with van der Waals surface area (Å²) in [7, 11) is 3.84. The van der Waals surface area contributed by atoms with Crippen molar-refractivity contribution in [3.8, 4) is 0 Å². The Labute approximate surface area is 107 Å². The van der Waals surface area contributed by atoms with Gasteiger partial charge in [-0.3, -0.25) is 0 Å². The minimum atomic E-state index is -0.810.